The Hall–Kier alpha value is -2.70. The molecule has 0 radical (unpaired) electrons. The van der Waals surface area contributed by atoms with Crippen molar-refractivity contribution in [2.75, 3.05) is 6.61 Å². The number of carbonyl (C=O) groups is 2. The summed E-state index contributed by atoms with van der Waals surface area (Å²) >= 11 is 6.36. The summed E-state index contributed by atoms with van der Waals surface area (Å²) in [5, 5.41) is 6.77. The van der Waals surface area contributed by atoms with Crippen LogP contribution in [-0.4, -0.2) is 30.8 Å². The van der Waals surface area contributed by atoms with E-state index in [2.05, 4.69) is 15.3 Å². The second-order valence-electron chi connectivity index (χ2n) is 6.22. The molecule has 1 aromatic rings. The van der Waals surface area contributed by atoms with Crippen LogP contribution < -0.4 is 5.32 Å². The zero-order valence-electron chi connectivity index (χ0n) is 15.6. The highest BCUT2D eigenvalue weighted by Crippen LogP contribution is 2.31. The SMILES string of the molecule is CCOC(=O)[C@H](N=[N+]=[N-])[C@@H](NC(=O)OCc1ccccc1)C1=C(Cl)CCCC1. The van der Waals surface area contributed by atoms with Gasteiger partial charge in [-0.25, -0.2) is 4.79 Å². The minimum absolute atomic E-state index is 0.0672. The second-order valence-corrected chi connectivity index (χ2v) is 6.68. The average molecular weight is 407 g/mol. The number of hydrogen-bond donors (Lipinski definition) is 1. The number of esters is 1. The molecule has 0 spiro atoms. The first kappa shape index (κ1) is 21.6. The van der Waals surface area contributed by atoms with Crippen LogP contribution in [0.25, 0.3) is 10.4 Å². The minimum Gasteiger partial charge on any atom is -0.466 e. The van der Waals surface area contributed by atoms with Crippen molar-refractivity contribution < 1.29 is 19.1 Å². The van der Waals surface area contributed by atoms with Gasteiger partial charge in [0.15, 0.2) is 6.04 Å². The molecular formula is C19H23ClN4O4. The molecule has 0 bridgehead atoms. The number of amides is 1. The van der Waals surface area contributed by atoms with Crippen LogP contribution in [0.3, 0.4) is 0 Å². The number of azide groups is 1. The van der Waals surface area contributed by atoms with Crippen molar-refractivity contribution >= 4 is 23.7 Å². The number of rotatable bonds is 8. The lowest BCUT2D eigenvalue weighted by atomic mass is 9.90. The molecule has 0 unspecified atom stereocenters. The number of halogens is 1. The predicted molar refractivity (Wildman–Crippen MR) is 104 cm³/mol. The van der Waals surface area contributed by atoms with E-state index >= 15 is 0 Å². The lowest BCUT2D eigenvalue weighted by molar-refractivity contribution is -0.145. The maximum absolute atomic E-state index is 12.4. The van der Waals surface area contributed by atoms with Crippen molar-refractivity contribution in [2.45, 2.75) is 51.3 Å². The molecule has 0 saturated heterocycles. The maximum atomic E-state index is 12.4. The van der Waals surface area contributed by atoms with Crippen LogP contribution >= 0.6 is 11.6 Å². The highest BCUT2D eigenvalue weighted by molar-refractivity contribution is 6.30. The first-order chi connectivity index (χ1) is 13.6. The Labute approximate surface area is 168 Å². The molecule has 0 aromatic heterocycles. The summed E-state index contributed by atoms with van der Waals surface area (Å²) in [6.45, 7) is 1.83. The highest BCUT2D eigenvalue weighted by atomic mass is 35.5. The number of nitrogens with zero attached hydrogens (tertiary/aromatic N) is 3. The summed E-state index contributed by atoms with van der Waals surface area (Å²) in [4.78, 5) is 27.5. The molecule has 150 valence electrons. The van der Waals surface area contributed by atoms with Crippen LogP contribution in [0.2, 0.25) is 0 Å². The van der Waals surface area contributed by atoms with Gasteiger partial charge in [0.05, 0.1) is 12.6 Å². The Morgan fingerprint density at radius 3 is 2.61 bits per heavy atom. The van der Waals surface area contributed by atoms with E-state index in [9.17, 15) is 9.59 Å². The van der Waals surface area contributed by atoms with Gasteiger partial charge in [0, 0.05) is 9.94 Å². The van der Waals surface area contributed by atoms with E-state index < -0.39 is 24.1 Å². The molecule has 8 nitrogen and oxygen atoms in total. The van der Waals surface area contributed by atoms with Crippen LogP contribution in [0.1, 0.15) is 38.2 Å². The number of ether oxygens (including phenoxy) is 2. The predicted octanol–water partition coefficient (Wildman–Crippen LogP) is 4.59. The number of benzene rings is 1. The standard InChI is InChI=1S/C19H23ClN4O4/c1-2-27-18(25)17(23-24-21)16(14-10-6-7-11-15(14)20)22-19(26)28-12-13-8-4-3-5-9-13/h3-5,8-9,16-17H,2,6-7,10-12H2,1H3,(H,22,26)/t16-,17+/m0/s1. The number of nitrogens with one attached hydrogen (secondary N) is 1. The lowest BCUT2D eigenvalue weighted by Gasteiger charge is -2.29. The topological polar surface area (TPSA) is 113 Å². The summed E-state index contributed by atoms with van der Waals surface area (Å²) in [7, 11) is 0. The van der Waals surface area contributed by atoms with Crippen LogP contribution in [0.4, 0.5) is 4.79 Å². The number of carbonyl (C=O) groups excluding carboxylic acids is 2. The first-order valence-corrected chi connectivity index (χ1v) is 9.50. The first-order valence-electron chi connectivity index (χ1n) is 9.12. The normalized spacial score (nSPS) is 15.8. The van der Waals surface area contributed by atoms with Crippen LogP contribution in [-0.2, 0) is 20.9 Å². The summed E-state index contributed by atoms with van der Waals surface area (Å²) in [6.07, 6.45) is 2.26. The third-order valence-corrected chi connectivity index (χ3v) is 4.75. The van der Waals surface area contributed by atoms with E-state index in [1.54, 1.807) is 6.92 Å². The molecule has 28 heavy (non-hydrogen) atoms. The van der Waals surface area contributed by atoms with E-state index in [0.717, 1.165) is 18.4 Å². The maximum Gasteiger partial charge on any atom is 0.407 e. The van der Waals surface area contributed by atoms with Crippen LogP contribution in [0.15, 0.2) is 46.1 Å². The van der Waals surface area contributed by atoms with Crippen molar-refractivity contribution in [2.24, 2.45) is 5.11 Å². The van der Waals surface area contributed by atoms with Crippen molar-refractivity contribution in [3.63, 3.8) is 0 Å². The van der Waals surface area contributed by atoms with E-state index in [-0.39, 0.29) is 13.2 Å². The summed E-state index contributed by atoms with van der Waals surface area (Å²) in [6, 6.07) is 7.00. The van der Waals surface area contributed by atoms with E-state index in [4.69, 9.17) is 26.6 Å². The van der Waals surface area contributed by atoms with Gasteiger partial charge in [0.1, 0.15) is 6.61 Å². The second kappa shape index (κ2) is 11.2. The number of allylic oxidation sites excluding steroid dienone is 1. The lowest BCUT2D eigenvalue weighted by Crippen LogP contribution is -2.48. The summed E-state index contributed by atoms with van der Waals surface area (Å²) in [5.41, 5.74) is 10.4. The molecule has 2 atom stereocenters. The zero-order valence-corrected chi connectivity index (χ0v) is 16.4. The van der Waals surface area contributed by atoms with Gasteiger partial charge >= 0.3 is 12.1 Å². The summed E-state index contributed by atoms with van der Waals surface area (Å²) in [5.74, 6) is -0.726. The minimum atomic E-state index is -1.27. The molecule has 9 heteroatoms. The van der Waals surface area contributed by atoms with Gasteiger partial charge in [-0.05, 0) is 49.3 Å². The molecule has 0 saturated carbocycles. The largest absolute Gasteiger partial charge is 0.466 e. The quantitative estimate of drug-likeness (QED) is 0.294. The Bertz CT molecular complexity index is 762. The van der Waals surface area contributed by atoms with Gasteiger partial charge < -0.3 is 14.8 Å². The average Bonchev–Trinajstić information content (AvgIpc) is 2.70. The van der Waals surface area contributed by atoms with Gasteiger partial charge in [-0.3, -0.25) is 4.79 Å². The molecular weight excluding hydrogens is 384 g/mol. The molecule has 2 rings (SSSR count). The smallest absolute Gasteiger partial charge is 0.407 e. The van der Waals surface area contributed by atoms with E-state index in [1.165, 1.54) is 0 Å². The molecule has 1 N–H and O–H groups in total. The van der Waals surface area contributed by atoms with Gasteiger partial charge in [-0.15, -0.1) is 0 Å². The fourth-order valence-corrected chi connectivity index (χ4v) is 3.34. The third-order valence-electron chi connectivity index (χ3n) is 4.32. The van der Waals surface area contributed by atoms with Crippen molar-refractivity contribution in [3.05, 3.63) is 56.9 Å². The van der Waals surface area contributed by atoms with Crippen molar-refractivity contribution in [3.8, 4) is 0 Å². The molecule has 1 aromatic carbocycles. The molecule has 0 heterocycles. The van der Waals surface area contributed by atoms with Gasteiger partial charge in [0.25, 0.3) is 0 Å². The Morgan fingerprint density at radius 2 is 1.96 bits per heavy atom. The number of hydrogen-bond acceptors (Lipinski definition) is 5. The fraction of sp³-hybridized carbons (Fsp3) is 0.474. The van der Waals surface area contributed by atoms with Crippen molar-refractivity contribution in [1.82, 2.24) is 5.32 Å². The highest BCUT2D eigenvalue weighted by Gasteiger charge is 2.35. The van der Waals surface area contributed by atoms with Crippen LogP contribution in [0, 0.1) is 0 Å². The monoisotopic (exact) mass is 406 g/mol. The fourth-order valence-electron chi connectivity index (χ4n) is 3.00. The van der Waals surface area contributed by atoms with Gasteiger partial charge in [-0.1, -0.05) is 47.0 Å². The van der Waals surface area contributed by atoms with E-state index in [0.29, 0.717) is 23.4 Å². The molecule has 1 aliphatic carbocycles. The third kappa shape index (κ3) is 6.18. The Balaban J connectivity index is 2.20. The molecule has 0 fully saturated rings. The van der Waals surface area contributed by atoms with Crippen molar-refractivity contribution in [1.29, 1.82) is 0 Å². The molecule has 1 amide bonds. The molecule has 1 aliphatic rings. The zero-order chi connectivity index (χ0) is 20.4. The van der Waals surface area contributed by atoms with Crippen LogP contribution in [0.5, 0.6) is 0 Å². The van der Waals surface area contributed by atoms with Gasteiger partial charge in [0.2, 0.25) is 0 Å². The Kier molecular flexibility index (Phi) is 8.65. The number of alkyl carbamates (subject to hydrolysis) is 1. The van der Waals surface area contributed by atoms with Gasteiger partial charge in [-0.2, -0.15) is 0 Å². The molecule has 0 aliphatic heterocycles. The van der Waals surface area contributed by atoms with E-state index in [1.807, 2.05) is 30.3 Å². The Morgan fingerprint density at radius 1 is 1.25 bits per heavy atom. The summed E-state index contributed by atoms with van der Waals surface area (Å²) < 4.78 is 10.3.